The number of methoxy groups -OCH3 is 1. The minimum Gasteiger partial charge on any atom is -0.497 e. The molecule has 0 bridgehead atoms. The van der Waals surface area contributed by atoms with Crippen molar-refractivity contribution in [2.75, 3.05) is 24.3 Å². The van der Waals surface area contributed by atoms with Gasteiger partial charge >= 0.3 is 12.2 Å². The predicted octanol–water partition coefficient (Wildman–Crippen LogP) is 4.54. The first-order valence-electron chi connectivity index (χ1n) is 8.62. The van der Waals surface area contributed by atoms with Gasteiger partial charge in [-0.3, -0.25) is 0 Å². The molecule has 2 aromatic heterocycles. The summed E-state index contributed by atoms with van der Waals surface area (Å²) in [7, 11) is 1.30. The fourth-order valence-electron chi connectivity index (χ4n) is 2.62. The number of hydrogen-bond donors (Lipinski definition) is 3. The lowest BCUT2D eigenvalue weighted by molar-refractivity contribution is -0.137. The van der Waals surface area contributed by atoms with Crippen LogP contribution >= 0.6 is 0 Å². The van der Waals surface area contributed by atoms with E-state index in [1.165, 1.54) is 25.6 Å². The smallest absolute Gasteiger partial charge is 0.416 e. The van der Waals surface area contributed by atoms with Crippen molar-refractivity contribution in [3.63, 3.8) is 0 Å². The highest BCUT2D eigenvalue weighted by molar-refractivity contribution is 5.92. The van der Waals surface area contributed by atoms with E-state index in [0.717, 1.165) is 12.1 Å². The van der Waals surface area contributed by atoms with Crippen molar-refractivity contribution in [2.45, 2.75) is 13.1 Å². The molecule has 3 aromatic rings. The zero-order valence-electron chi connectivity index (χ0n) is 15.6. The standard InChI is InChI=1S/C19H18F3N5O2/c1-3-23-18(28)27-15-5-11-4-14(9-24-17(11)25-10-15)26-13-6-12(19(20,21)22)7-16(8-13)29-2/h4-10,26H,3H2,1-2H3,(H2,23,27,28). The van der Waals surface area contributed by atoms with Gasteiger partial charge in [-0.25, -0.2) is 14.8 Å². The fraction of sp³-hybridized carbons (Fsp3) is 0.211. The first-order chi connectivity index (χ1) is 13.8. The normalized spacial score (nSPS) is 11.2. The number of aromatic nitrogens is 2. The SMILES string of the molecule is CCNC(=O)Nc1cnc2ncc(Nc3cc(OC)cc(C(F)(F)F)c3)cc2c1. The van der Waals surface area contributed by atoms with Gasteiger partial charge in [0.2, 0.25) is 0 Å². The van der Waals surface area contributed by atoms with Gasteiger partial charge in [-0.05, 0) is 31.2 Å². The topological polar surface area (TPSA) is 88.2 Å². The second-order valence-corrected chi connectivity index (χ2v) is 6.05. The van der Waals surface area contributed by atoms with E-state index in [2.05, 4.69) is 25.9 Å². The van der Waals surface area contributed by atoms with Crippen LogP contribution in [0.2, 0.25) is 0 Å². The van der Waals surface area contributed by atoms with Crippen molar-refractivity contribution in [1.82, 2.24) is 15.3 Å². The number of nitrogens with one attached hydrogen (secondary N) is 3. The van der Waals surface area contributed by atoms with Crippen LogP contribution in [0.1, 0.15) is 12.5 Å². The summed E-state index contributed by atoms with van der Waals surface area (Å²) in [6.07, 6.45) is -1.58. The van der Waals surface area contributed by atoms with E-state index < -0.39 is 11.7 Å². The summed E-state index contributed by atoms with van der Waals surface area (Å²) in [6.45, 7) is 2.27. The molecule has 1 aromatic carbocycles. The molecule has 0 saturated carbocycles. The summed E-state index contributed by atoms with van der Waals surface area (Å²) >= 11 is 0. The van der Waals surface area contributed by atoms with E-state index in [4.69, 9.17) is 4.74 Å². The second-order valence-electron chi connectivity index (χ2n) is 6.05. The Bertz CT molecular complexity index is 1040. The molecule has 2 heterocycles. The third-order valence-corrected chi connectivity index (χ3v) is 3.89. The average molecular weight is 405 g/mol. The number of urea groups is 1. The van der Waals surface area contributed by atoms with Gasteiger partial charge in [0.25, 0.3) is 0 Å². The molecule has 0 saturated heterocycles. The highest BCUT2D eigenvalue weighted by atomic mass is 19.4. The Morgan fingerprint density at radius 1 is 1.03 bits per heavy atom. The zero-order chi connectivity index (χ0) is 21.0. The van der Waals surface area contributed by atoms with Crippen molar-refractivity contribution in [1.29, 1.82) is 0 Å². The van der Waals surface area contributed by atoms with Gasteiger partial charge in [0.15, 0.2) is 5.65 Å². The van der Waals surface area contributed by atoms with Crippen LogP contribution < -0.4 is 20.7 Å². The number of carbonyl (C=O) groups is 1. The van der Waals surface area contributed by atoms with Crippen LogP contribution in [0.15, 0.2) is 42.7 Å². The lowest BCUT2D eigenvalue weighted by Crippen LogP contribution is -2.28. The number of pyridine rings is 2. The predicted molar refractivity (Wildman–Crippen MR) is 104 cm³/mol. The van der Waals surface area contributed by atoms with Crippen LogP contribution in [0.5, 0.6) is 5.75 Å². The van der Waals surface area contributed by atoms with Gasteiger partial charge in [0, 0.05) is 23.7 Å². The van der Waals surface area contributed by atoms with Gasteiger partial charge in [-0.15, -0.1) is 0 Å². The molecule has 29 heavy (non-hydrogen) atoms. The largest absolute Gasteiger partial charge is 0.497 e. The number of ether oxygens (including phenoxy) is 1. The molecule has 7 nitrogen and oxygen atoms in total. The van der Waals surface area contributed by atoms with Gasteiger partial charge in [0.05, 0.1) is 36.4 Å². The summed E-state index contributed by atoms with van der Waals surface area (Å²) in [6, 6.07) is 6.33. The van der Waals surface area contributed by atoms with Crippen LogP contribution in [-0.4, -0.2) is 29.7 Å². The molecule has 0 aliphatic heterocycles. The first-order valence-corrected chi connectivity index (χ1v) is 8.62. The summed E-state index contributed by atoms with van der Waals surface area (Å²) in [5, 5.41) is 8.74. The quantitative estimate of drug-likeness (QED) is 0.580. The van der Waals surface area contributed by atoms with Crippen molar-refractivity contribution >= 4 is 34.1 Å². The van der Waals surface area contributed by atoms with Crippen LogP contribution in [0, 0.1) is 0 Å². The number of halogens is 3. The minimum absolute atomic E-state index is 0.0752. The Balaban J connectivity index is 1.89. The van der Waals surface area contributed by atoms with Crippen LogP contribution in [0.4, 0.5) is 35.0 Å². The third kappa shape index (κ3) is 5.03. The highest BCUT2D eigenvalue weighted by Crippen LogP contribution is 2.35. The number of fused-ring (bicyclic) bond motifs is 1. The van der Waals surface area contributed by atoms with E-state index in [9.17, 15) is 18.0 Å². The summed E-state index contributed by atoms with van der Waals surface area (Å²) in [5.74, 6) is 0.0752. The van der Waals surface area contributed by atoms with Crippen LogP contribution in [-0.2, 0) is 6.18 Å². The molecule has 0 aliphatic rings. The monoisotopic (exact) mass is 405 g/mol. The Kier molecular flexibility index (Phi) is 5.71. The second kappa shape index (κ2) is 8.21. The number of carbonyl (C=O) groups excluding carboxylic acids is 1. The number of alkyl halides is 3. The lowest BCUT2D eigenvalue weighted by Gasteiger charge is -2.13. The van der Waals surface area contributed by atoms with Gasteiger partial charge in [-0.1, -0.05) is 0 Å². The molecule has 0 radical (unpaired) electrons. The Labute approximate surface area is 164 Å². The lowest BCUT2D eigenvalue weighted by atomic mass is 10.1. The van der Waals surface area contributed by atoms with Crippen molar-refractivity contribution in [3.05, 3.63) is 48.3 Å². The average Bonchev–Trinajstić information content (AvgIpc) is 2.67. The van der Waals surface area contributed by atoms with E-state index in [1.54, 1.807) is 19.1 Å². The summed E-state index contributed by atoms with van der Waals surface area (Å²) in [4.78, 5) is 20.0. The first kappa shape index (κ1) is 20.2. The Hall–Kier alpha value is -3.56. The van der Waals surface area contributed by atoms with E-state index >= 15 is 0 Å². The molecule has 0 atom stereocenters. The number of hydrogen-bond acceptors (Lipinski definition) is 5. The molecular weight excluding hydrogens is 387 g/mol. The van der Waals surface area contributed by atoms with Crippen molar-refractivity contribution in [3.8, 4) is 5.75 Å². The number of nitrogens with zero attached hydrogens (tertiary/aromatic N) is 2. The van der Waals surface area contributed by atoms with Crippen molar-refractivity contribution < 1.29 is 22.7 Å². The Morgan fingerprint density at radius 3 is 2.38 bits per heavy atom. The number of benzene rings is 1. The van der Waals surface area contributed by atoms with Gasteiger partial charge in [0.1, 0.15) is 5.75 Å². The zero-order valence-corrected chi connectivity index (χ0v) is 15.6. The maximum absolute atomic E-state index is 13.1. The van der Waals surface area contributed by atoms with Gasteiger partial charge < -0.3 is 20.7 Å². The third-order valence-electron chi connectivity index (χ3n) is 3.89. The van der Waals surface area contributed by atoms with Crippen LogP contribution in [0.25, 0.3) is 11.0 Å². The molecule has 2 amide bonds. The summed E-state index contributed by atoms with van der Waals surface area (Å²) in [5.41, 5.74) is 0.711. The molecule has 0 unspecified atom stereocenters. The number of amides is 2. The molecule has 152 valence electrons. The molecule has 10 heteroatoms. The van der Waals surface area contributed by atoms with E-state index in [1.807, 2.05) is 0 Å². The minimum atomic E-state index is -4.50. The number of anilines is 3. The maximum atomic E-state index is 13.1. The molecular formula is C19H18F3N5O2. The van der Waals surface area contributed by atoms with Gasteiger partial charge in [-0.2, -0.15) is 13.2 Å². The Morgan fingerprint density at radius 2 is 1.72 bits per heavy atom. The molecule has 0 aliphatic carbocycles. The van der Waals surface area contributed by atoms with E-state index in [0.29, 0.717) is 29.0 Å². The summed E-state index contributed by atoms with van der Waals surface area (Å²) < 4.78 is 44.2. The highest BCUT2D eigenvalue weighted by Gasteiger charge is 2.31. The molecule has 0 spiro atoms. The van der Waals surface area contributed by atoms with Crippen LogP contribution in [0.3, 0.4) is 0 Å². The van der Waals surface area contributed by atoms with E-state index in [-0.39, 0.29) is 17.5 Å². The number of rotatable bonds is 5. The fourth-order valence-corrected chi connectivity index (χ4v) is 2.62. The molecule has 3 N–H and O–H groups in total. The van der Waals surface area contributed by atoms with Crippen molar-refractivity contribution in [2.24, 2.45) is 0 Å². The molecule has 0 fully saturated rings. The maximum Gasteiger partial charge on any atom is 0.416 e. The molecule has 3 rings (SSSR count).